The minimum atomic E-state index is -0.966. The van der Waals surface area contributed by atoms with E-state index in [0.29, 0.717) is 18.8 Å². The average Bonchev–Trinajstić information content (AvgIpc) is 2.64. The molecule has 6 nitrogen and oxygen atoms in total. The Morgan fingerprint density at radius 2 is 1.95 bits per heavy atom. The predicted molar refractivity (Wildman–Crippen MR) is 76.9 cm³/mol. The zero-order chi connectivity index (χ0) is 14.7. The Morgan fingerprint density at radius 3 is 2.60 bits per heavy atom. The number of carboxylic acid groups (broad SMARTS) is 1. The van der Waals surface area contributed by atoms with Crippen molar-refractivity contribution in [3.05, 3.63) is 23.8 Å². The van der Waals surface area contributed by atoms with Crippen LogP contribution in [0, 0.1) is 0 Å². The Balaban J connectivity index is 2.21. The van der Waals surface area contributed by atoms with E-state index in [-0.39, 0.29) is 11.5 Å². The number of hydrogen-bond acceptors (Lipinski definition) is 4. The lowest BCUT2D eigenvalue weighted by atomic mass is 10.1. The van der Waals surface area contributed by atoms with Crippen molar-refractivity contribution in [2.24, 2.45) is 0 Å². The molecule has 1 saturated heterocycles. The maximum Gasteiger partial charge on any atom is 0.335 e. The number of amides is 1. The Bertz CT molecular complexity index is 530. The highest BCUT2D eigenvalue weighted by molar-refractivity contribution is 5.90. The first-order valence-corrected chi connectivity index (χ1v) is 6.62. The molecule has 0 bridgehead atoms. The first-order valence-electron chi connectivity index (χ1n) is 6.62. The van der Waals surface area contributed by atoms with Crippen LogP contribution in [0.5, 0.6) is 0 Å². The predicted octanol–water partition coefficient (Wildman–Crippen LogP) is 1.03. The van der Waals surface area contributed by atoms with Crippen molar-refractivity contribution in [2.45, 2.75) is 13.3 Å². The van der Waals surface area contributed by atoms with E-state index < -0.39 is 5.97 Å². The maximum absolute atomic E-state index is 11.4. The molecule has 0 saturated carbocycles. The van der Waals surface area contributed by atoms with Crippen molar-refractivity contribution in [1.82, 2.24) is 4.90 Å². The highest BCUT2D eigenvalue weighted by Gasteiger charge is 2.19. The molecule has 0 radical (unpaired) electrons. The lowest BCUT2D eigenvalue weighted by Gasteiger charge is -2.25. The lowest BCUT2D eigenvalue weighted by Crippen LogP contribution is -2.33. The topological polar surface area (TPSA) is 86.9 Å². The largest absolute Gasteiger partial charge is 0.478 e. The molecule has 0 spiro atoms. The molecule has 3 N–H and O–H groups in total. The van der Waals surface area contributed by atoms with Crippen LogP contribution in [-0.4, -0.2) is 48.1 Å². The third-order valence-electron chi connectivity index (χ3n) is 3.56. The molecule has 0 aliphatic carbocycles. The average molecular weight is 277 g/mol. The number of carbonyl (C=O) groups excluding carboxylic acids is 1. The number of anilines is 2. The molecule has 1 fully saturated rings. The monoisotopic (exact) mass is 277 g/mol. The summed E-state index contributed by atoms with van der Waals surface area (Å²) in [5.74, 6) is -0.898. The minimum absolute atomic E-state index is 0.0686. The number of rotatable bonds is 2. The van der Waals surface area contributed by atoms with Gasteiger partial charge in [-0.2, -0.15) is 0 Å². The summed E-state index contributed by atoms with van der Waals surface area (Å²) < 4.78 is 0. The van der Waals surface area contributed by atoms with Crippen molar-refractivity contribution in [3.8, 4) is 0 Å². The molecule has 0 unspecified atom stereocenters. The quantitative estimate of drug-likeness (QED) is 0.788. The van der Waals surface area contributed by atoms with E-state index in [0.717, 1.165) is 25.2 Å². The van der Waals surface area contributed by atoms with Gasteiger partial charge in [0.25, 0.3) is 0 Å². The SMILES string of the molecule is CC(=O)N1CCCN(c2cc(C(=O)O)ccc2N)CC1. The zero-order valence-corrected chi connectivity index (χ0v) is 11.5. The molecule has 0 atom stereocenters. The van der Waals surface area contributed by atoms with Crippen LogP contribution in [-0.2, 0) is 4.79 Å². The van der Waals surface area contributed by atoms with E-state index in [9.17, 15) is 9.59 Å². The second kappa shape index (κ2) is 5.81. The van der Waals surface area contributed by atoms with Gasteiger partial charge in [-0.1, -0.05) is 0 Å². The fourth-order valence-corrected chi connectivity index (χ4v) is 2.42. The normalized spacial score (nSPS) is 15.8. The fourth-order valence-electron chi connectivity index (χ4n) is 2.42. The van der Waals surface area contributed by atoms with Crippen LogP contribution < -0.4 is 10.6 Å². The molecule has 1 aliphatic rings. The van der Waals surface area contributed by atoms with Gasteiger partial charge in [0.1, 0.15) is 0 Å². The van der Waals surface area contributed by atoms with Gasteiger partial charge in [-0.3, -0.25) is 4.79 Å². The van der Waals surface area contributed by atoms with Crippen LogP contribution >= 0.6 is 0 Å². The van der Waals surface area contributed by atoms with Crippen molar-refractivity contribution >= 4 is 23.3 Å². The van der Waals surface area contributed by atoms with Crippen LogP contribution in [0.4, 0.5) is 11.4 Å². The highest BCUT2D eigenvalue weighted by Crippen LogP contribution is 2.25. The van der Waals surface area contributed by atoms with Crippen molar-refractivity contribution in [2.75, 3.05) is 36.8 Å². The molecular formula is C14H19N3O3. The van der Waals surface area contributed by atoms with E-state index in [1.165, 1.54) is 6.07 Å². The first kappa shape index (κ1) is 14.2. The lowest BCUT2D eigenvalue weighted by molar-refractivity contribution is -0.128. The third kappa shape index (κ3) is 3.01. The first-order chi connectivity index (χ1) is 9.49. The summed E-state index contributed by atoms with van der Waals surface area (Å²) >= 11 is 0. The summed E-state index contributed by atoms with van der Waals surface area (Å²) in [6, 6.07) is 4.72. The molecule has 1 aromatic rings. The van der Waals surface area contributed by atoms with E-state index in [4.69, 9.17) is 10.8 Å². The molecule has 1 heterocycles. The van der Waals surface area contributed by atoms with Crippen LogP contribution in [0.25, 0.3) is 0 Å². The molecular weight excluding hydrogens is 258 g/mol. The summed E-state index contributed by atoms with van der Waals surface area (Å²) in [7, 11) is 0. The summed E-state index contributed by atoms with van der Waals surface area (Å²) in [6.07, 6.45) is 0.844. The number of hydrogen-bond donors (Lipinski definition) is 2. The van der Waals surface area contributed by atoms with Crippen molar-refractivity contribution < 1.29 is 14.7 Å². The summed E-state index contributed by atoms with van der Waals surface area (Å²) in [6.45, 7) is 4.34. The van der Waals surface area contributed by atoms with Crippen LogP contribution in [0.15, 0.2) is 18.2 Å². The number of benzene rings is 1. The number of carbonyl (C=O) groups is 2. The standard InChI is InChI=1S/C14H19N3O3/c1-10(18)16-5-2-6-17(8-7-16)13-9-11(14(19)20)3-4-12(13)15/h3-4,9H,2,5-8,15H2,1H3,(H,19,20). The molecule has 6 heteroatoms. The van der Waals surface area contributed by atoms with Gasteiger partial charge in [0.2, 0.25) is 5.91 Å². The summed E-state index contributed by atoms with van der Waals surface area (Å²) in [5.41, 5.74) is 7.47. The molecule has 1 amide bonds. The molecule has 108 valence electrons. The molecule has 1 aliphatic heterocycles. The van der Waals surface area contributed by atoms with Gasteiger partial charge < -0.3 is 20.6 Å². The molecule has 20 heavy (non-hydrogen) atoms. The zero-order valence-electron chi connectivity index (χ0n) is 11.5. The number of aromatic carboxylic acids is 1. The van der Waals surface area contributed by atoms with Gasteiger partial charge >= 0.3 is 5.97 Å². The Kier molecular flexibility index (Phi) is 4.12. The van der Waals surface area contributed by atoms with E-state index >= 15 is 0 Å². The van der Waals surface area contributed by atoms with E-state index in [2.05, 4.69) is 0 Å². The summed E-state index contributed by atoms with van der Waals surface area (Å²) in [4.78, 5) is 26.3. The Morgan fingerprint density at radius 1 is 1.20 bits per heavy atom. The maximum atomic E-state index is 11.4. The smallest absolute Gasteiger partial charge is 0.335 e. The number of nitrogens with two attached hydrogens (primary N) is 1. The molecule has 2 rings (SSSR count). The van der Waals surface area contributed by atoms with Crippen molar-refractivity contribution in [3.63, 3.8) is 0 Å². The van der Waals surface area contributed by atoms with Crippen LogP contribution in [0.2, 0.25) is 0 Å². The number of carboxylic acids is 1. The number of nitrogen functional groups attached to an aromatic ring is 1. The van der Waals surface area contributed by atoms with Gasteiger partial charge in [-0.05, 0) is 24.6 Å². The van der Waals surface area contributed by atoms with E-state index in [1.807, 2.05) is 4.90 Å². The Labute approximate surface area is 117 Å². The second-order valence-corrected chi connectivity index (χ2v) is 4.93. The minimum Gasteiger partial charge on any atom is -0.478 e. The molecule has 0 aromatic heterocycles. The van der Waals surface area contributed by atoms with Gasteiger partial charge in [0, 0.05) is 33.1 Å². The van der Waals surface area contributed by atoms with Gasteiger partial charge in [-0.15, -0.1) is 0 Å². The van der Waals surface area contributed by atoms with Crippen LogP contribution in [0.1, 0.15) is 23.7 Å². The molecule has 1 aromatic carbocycles. The van der Waals surface area contributed by atoms with Gasteiger partial charge in [0.05, 0.1) is 16.9 Å². The van der Waals surface area contributed by atoms with Gasteiger partial charge in [0.15, 0.2) is 0 Å². The second-order valence-electron chi connectivity index (χ2n) is 4.93. The highest BCUT2D eigenvalue weighted by atomic mass is 16.4. The third-order valence-corrected chi connectivity index (χ3v) is 3.56. The van der Waals surface area contributed by atoms with E-state index in [1.54, 1.807) is 24.0 Å². The Hall–Kier alpha value is -2.24. The van der Waals surface area contributed by atoms with Crippen molar-refractivity contribution in [1.29, 1.82) is 0 Å². The van der Waals surface area contributed by atoms with Gasteiger partial charge in [-0.25, -0.2) is 4.79 Å². The summed E-state index contributed by atoms with van der Waals surface area (Å²) in [5, 5.41) is 9.06. The van der Waals surface area contributed by atoms with Crippen LogP contribution in [0.3, 0.4) is 0 Å². The fraction of sp³-hybridized carbons (Fsp3) is 0.429. The number of nitrogens with zero attached hydrogens (tertiary/aromatic N) is 2.